The first-order chi connectivity index (χ1) is 13.8. The maximum absolute atomic E-state index is 11.4. The molecule has 2 aliphatic rings. The van der Waals surface area contributed by atoms with Gasteiger partial charge in [-0.25, -0.2) is 8.42 Å². The number of amides is 1. The minimum absolute atomic E-state index is 0.488. The van der Waals surface area contributed by atoms with Crippen LogP contribution in [0.1, 0.15) is 6.92 Å². The van der Waals surface area contributed by atoms with Crippen LogP contribution in [-0.2, 0) is 38.4 Å². The lowest BCUT2D eigenvalue weighted by atomic mass is 9.96. The number of hydrogen-bond acceptors (Lipinski definition) is 14. The van der Waals surface area contributed by atoms with Crippen molar-refractivity contribution in [3.05, 3.63) is 11.8 Å². The van der Waals surface area contributed by atoms with Crippen LogP contribution in [0, 0.1) is 0 Å². The molecule has 172 valence electrons. The Labute approximate surface area is 169 Å². The Hall–Kier alpha value is -1.89. The van der Waals surface area contributed by atoms with Crippen LogP contribution in [0.15, 0.2) is 11.8 Å². The zero-order chi connectivity index (χ0) is 22.8. The lowest BCUT2D eigenvalue weighted by Crippen LogP contribution is -2.66. The van der Waals surface area contributed by atoms with E-state index in [1.807, 2.05) is 0 Å². The molecule has 2 aliphatic heterocycles. The third-order valence-electron chi connectivity index (χ3n) is 4.13. The van der Waals surface area contributed by atoms with Gasteiger partial charge in [-0.2, -0.15) is 0 Å². The van der Waals surface area contributed by atoms with Crippen molar-refractivity contribution in [1.29, 1.82) is 0 Å². The Balaban J connectivity index is 2.38. The van der Waals surface area contributed by atoms with Crippen LogP contribution in [0.2, 0.25) is 0 Å². The third kappa shape index (κ3) is 5.84. The normalized spacial score (nSPS) is 37.1. The number of carbonyl (C=O) groups excluding carboxylic acids is 2. The van der Waals surface area contributed by atoms with Crippen molar-refractivity contribution in [2.75, 3.05) is 6.61 Å². The van der Waals surface area contributed by atoms with Gasteiger partial charge in [0.05, 0.1) is 6.61 Å². The lowest BCUT2D eigenvalue weighted by Gasteiger charge is -2.45. The predicted molar refractivity (Wildman–Crippen MR) is 85.0 cm³/mol. The Bertz CT molecular complexity index is 784. The van der Waals surface area contributed by atoms with Crippen molar-refractivity contribution in [3.63, 3.8) is 0 Å². The molecule has 0 aliphatic carbocycles. The molecule has 0 saturated carbocycles. The van der Waals surface area contributed by atoms with Crippen molar-refractivity contribution >= 4 is 22.3 Å². The Kier molecular flexibility index (Phi) is 7.72. The summed E-state index contributed by atoms with van der Waals surface area (Å²) in [5.41, 5.74) is 0. The molecule has 0 aromatic carbocycles. The molecule has 2 rings (SSSR count). The molecule has 15 nitrogen and oxygen atoms in total. The summed E-state index contributed by atoms with van der Waals surface area (Å²) in [6, 6.07) is -1.53. The molecular formula is C14H19NO14S-2. The van der Waals surface area contributed by atoms with E-state index in [0.717, 1.165) is 6.92 Å². The molecular weight excluding hydrogens is 438 g/mol. The van der Waals surface area contributed by atoms with Gasteiger partial charge >= 0.3 is 0 Å². The Morgan fingerprint density at radius 1 is 1.27 bits per heavy atom. The summed E-state index contributed by atoms with van der Waals surface area (Å²) in [6.45, 7) is 0.222. The van der Waals surface area contributed by atoms with E-state index in [0.29, 0.717) is 6.08 Å². The molecule has 16 heteroatoms. The molecule has 0 spiro atoms. The standard InChI is InChI=1S/C14H21NO14S/c1-4(17)15-8-11(9(19)7(3-16)26-13(8)22)28-14-10(29-30(23,24)25)5(18)2-6(27-14)12(20)21/h2,5,7-11,13-14,16,18-19,22H,3H2,1H3,(H,15,17)(H,20,21)(H,23,24,25)/p-2/t5-,7+,8+,9-,10+,11+,13+,14-/m0/s1. The average Bonchev–Trinajstić information content (AvgIpc) is 2.61. The van der Waals surface area contributed by atoms with E-state index in [4.69, 9.17) is 14.2 Å². The molecule has 1 amide bonds. The summed E-state index contributed by atoms with van der Waals surface area (Å²) in [5.74, 6) is -3.67. The van der Waals surface area contributed by atoms with Crippen molar-refractivity contribution in [1.82, 2.24) is 5.32 Å². The first-order valence-electron chi connectivity index (χ1n) is 8.31. The van der Waals surface area contributed by atoms with Gasteiger partial charge in [-0.05, 0) is 6.08 Å². The maximum atomic E-state index is 11.4. The Morgan fingerprint density at radius 2 is 1.90 bits per heavy atom. The quantitative estimate of drug-likeness (QED) is 0.177. The number of carboxylic acids is 1. The summed E-state index contributed by atoms with van der Waals surface area (Å²) in [5, 5.41) is 52.9. The fourth-order valence-corrected chi connectivity index (χ4v) is 3.37. The van der Waals surface area contributed by atoms with E-state index < -0.39 is 83.8 Å². The van der Waals surface area contributed by atoms with E-state index in [1.165, 1.54) is 0 Å². The number of aliphatic hydroxyl groups excluding tert-OH is 4. The maximum Gasteiger partial charge on any atom is 0.231 e. The molecule has 1 saturated heterocycles. The number of ether oxygens (including phenoxy) is 3. The van der Waals surface area contributed by atoms with E-state index in [-0.39, 0.29) is 0 Å². The second kappa shape index (κ2) is 9.50. The fourth-order valence-electron chi connectivity index (χ4n) is 2.89. The first-order valence-corrected chi connectivity index (χ1v) is 9.64. The van der Waals surface area contributed by atoms with Crippen LogP contribution >= 0.6 is 0 Å². The van der Waals surface area contributed by atoms with Gasteiger partial charge in [-0.3, -0.25) is 8.98 Å². The van der Waals surface area contributed by atoms with Gasteiger partial charge < -0.3 is 54.4 Å². The van der Waals surface area contributed by atoms with Crippen molar-refractivity contribution < 1.29 is 66.5 Å². The number of aliphatic hydroxyl groups is 4. The van der Waals surface area contributed by atoms with Gasteiger partial charge in [0.1, 0.15) is 42.2 Å². The number of nitrogens with one attached hydrogen (secondary N) is 1. The van der Waals surface area contributed by atoms with E-state index in [9.17, 15) is 48.1 Å². The van der Waals surface area contributed by atoms with Gasteiger partial charge in [0.25, 0.3) is 0 Å². The number of aliphatic carboxylic acids is 1. The monoisotopic (exact) mass is 457 g/mol. The zero-order valence-electron chi connectivity index (χ0n) is 15.2. The van der Waals surface area contributed by atoms with E-state index in [1.54, 1.807) is 0 Å². The van der Waals surface area contributed by atoms with Gasteiger partial charge in [0, 0.05) is 6.92 Å². The molecule has 0 aromatic heterocycles. The SMILES string of the molecule is CC(=O)N[C@@H]1[C@@H](O[C@@H]2OC(C(=O)[O-])=C[C@H](O)[C@H]2OS(=O)(=O)[O-])[C@@H](O)[C@@H](CO)O[C@H]1O. The number of rotatable bonds is 7. The number of hydrogen-bond donors (Lipinski definition) is 5. The van der Waals surface area contributed by atoms with Gasteiger partial charge in [0.2, 0.25) is 22.6 Å². The van der Waals surface area contributed by atoms with Crippen LogP contribution in [0.4, 0.5) is 0 Å². The molecule has 0 bridgehead atoms. The summed E-state index contributed by atoms with van der Waals surface area (Å²) < 4.78 is 52.2. The van der Waals surface area contributed by atoms with Crippen molar-refractivity contribution in [2.45, 2.75) is 56.1 Å². The Morgan fingerprint density at radius 3 is 2.40 bits per heavy atom. The minimum Gasteiger partial charge on any atom is -0.726 e. The average molecular weight is 457 g/mol. The van der Waals surface area contributed by atoms with Crippen molar-refractivity contribution in [2.24, 2.45) is 0 Å². The molecule has 5 N–H and O–H groups in total. The third-order valence-corrected chi connectivity index (χ3v) is 4.59. The highest BCUT2D eigenvalue weighted by atomic mass is 32.3. The van der Waals surface area contributed by atoms with Crippen molar-refractivity contribution in [3.8, 4) is 0 Å². The minimum atomic E-state index is -5.45. The second-order valence-electron chi connectivity index (χ2n) is 6.33. The molecule has 8 atom stereocenters. The number of carboxylic acid groups (broad SMARTS) is 1. The van der Waals surface area contributed by atoms with Gasteiger partial charge in [-0.1, -0.05) is 0 Å². The number of carbonyl (C=O) groups is 2. The second-order valence-corrected chi connectivity index (χ2v) is 7.34. The zero-order valence-corrected chi connectivity index (χ0v) is 16.0. The molecule has 0 radical (unpaired) electrons. The largest absolute Gasteiger partial charge is 0.726 e. The molecule has 1 fully saturated rings. The van der Waals surface area contributed by atoms with Crippen LogP contribution in [0.3, 0.4) is 0 Å². The van der Waals surface area contributed by atoms with E-state index in [2.05, 4.69) is 9.50 Å². The summed E-state index contributed by atoms with van der Waals surface area (Å²) in [6.07, 6.45) is -12.6. The molecule has 0 aromatic rings. The molecule has 2 heterocycles. The highest BCUT2D eigenvalue weighted by Crippen LogP contribution is 2.29. The first kappa shape index (κ1) is 24.4. The molecule has 0 unspecified atom stereocenters. The predicted octanol–water partition coefficient (Wildman–Crippen LogP) is -5.86. The van der Waals surface area contributed by atoms with Crippen LogP contribution < -0.4 is 10.4 Å². The van der Waals surface area contributed by atoms with Crippen LogP contribution in [-0.4, -0.2) is 101 Å². The highest BCUT2D eigenvalue weighted by Gasteiger charge is 2.49. The van der Waals surface area contributed by atoms with Gasteiger partial charge in [0.15, 0.2) is 12.4 Å². The lowest BCUT2D eigenvalue weighted by molar-refractivity contribution is -0.319. The van der Waals surface area contributed by atoms with Crippen LogP contribution in [0.25, 0.3) is 0 Å². The van der Waals surface area contributed by atoms with Gasteiger partial charge in [-0.15, -0.1) is 0 Å². The summed E-state index contributed by atoms with van der Waals surface area (Å²) in [7, 11) is -5.45. The smallest absolute Gasteiger partial charge is 0.231 e. The summed E-state index contributed by atoms with van der Waals surface area (Å²) >= 11 is 0. The summed E-state index contributed by atoms with van der Waals surface area (Å²) in [4.78, 5) is 22.5. The fraction of sp³-hybridized carbons (Fsp3) is 0.714. The van der Waals surface area contributed by atoms with Crippen LogP contribution in [0.5, 0.6) is 0 Å². The topological polar surface area (TPSA) is 244 Å². The molecule has 30 heavy (non-hydrogen) atoms. The van der Waals surface area contributed by atoms with E-state index >= 15 is 0 Å². The highest BCUT2D eigenvalue weighted by molar-refractivity contribution is 7.80.